The lowest BCUT2D eigenvalue weighted by molar-refractivity contribution is -0.126. The zero-order valence-electron chi connectivity index (χ0n) is 22.5. The highest BCUT2D eigenvalue weighted by atomic mass is 35.5. The highest BCUT2D eigenvalue weighted by Crippen LogP contribution is 2.32. The van der Waals surface area contributed by atoms with E-state index in [9.17, 15) is 14.7 Å². The molecule has 0 saturated heterocycles. The molecule has 1 aliphatic rings. The summed E-state index contributed by atoms with van der Waals surface area (Å²) < 4.78 is 5.14. The fourth-order valence-electron chi connectivity index (χ4n) is 4.48. The van der Waals surface area contributed by atoms with E-state index in [1.807, 2.05) is 12.1 Å². The van der Waals surface area contributed by atoms with Gasteiger partial charge in [-0.05, 0) is 43.2 Å². The number of halogens is 1. The average molecular weight is 575 g/mol. The third kappa shape index (κ3) is 5.93. The van der Waals surface area contributed by atoms with Crippen LogP contribution in [0.5, 0.6) is 5.88 Å². The Morgan fingerprint density at radius 1 is 1.15 bits per heavy atom. The first-order valence-corrected chi connectivity index (χ1v) is 13.1. The van der Waals surface area contributed by atoms with Crippen molar-refractivity contribution in [2.24, 2.45) is 0 Å². The van der Waals surface area contributed by atoms with Crippen LogP contribution >= 0.6 is 11.6 Å². The normalized spacial score (nSPS) is 13.9. The average Bonchev–Trinajstić information content (AvgIpc) is 3.31. The van der Waals surface area contributed by atoms with Crippen LogP contribution in [-0.2, 0) is 11.3 Å². The molecule has 0 radical (unpaired) electrons. The van der Waals surface area contributed by atoms with Gasteiger partial charge in [0.2, 0.25) is 17.7 Å². The van der Waals surface area contributed by atoms with E-state index in [2.05, 4.69) is 35.6 Å². The fourth-order valence-corrected chi connectivity index (χ4v) is 4.68. The number of hydrogen-bond donors (Lipinski definition) is 3. The number of methoxy groups -OCH3 is 1. The summed E-state index contributed by atoms with van der Waals surface area (Å²) in [4.78, 5) is 49.3. The van der Waals surface area contributed by atoms with E-state index >= 15 is 0 Å². The van der Waals surface area contributed by atoms with Gasteiger partial charge in [-0.3, -0.25) is 9.59 Å². The van der Waals surface area contributed by atoms with Crippen LogP contribution in [0.15, 0.2) is 55.0 Å². The van der Waals surface area contributed by atoms with Crippen molar-refractivity contribution >= 4 is 35.2 Å². The molecule has 5 rings (SSSR count). The highest BCUT2D eigenvalue weighted by Gasteiger charge is 2.35. The van der Waals surface area contributed by atoms with Crippen molar-refractivity contribution in [2.45, 2.75) is 32.5 Å². The number of benzene rings is 1. The van der Waals surface area contributed by atoms with Crippen LogP contribution in [0.25, 0.3) is 11.3 Å². The first-order valence-electron chi connectivity index (χ1n) is 12.7. The minimum absolute atomic E-state index is 0.257. The summed E-state index contributed by atoms with van der Waals surface area (Å²) >= 11 is 6.44. The maximum atomic E-state index is 13.4. The summed E-state index contributed by atoms with van der Waals surface area (Å²) in [5.74, 6) is 1.07. The van der Waals surface area contributed by atoms with E-state index < -0.39 is 18.0 Å². The van der Waals surface area contributed by atoms with E-state index in [1.165, 1.54) is 24.4 Å². The molecule has 210 valence electrons. The second-order valence-corrected chi connectivity index (χ2v) is 9.77. The second kappa shape index (κ2) is 11.8. The minimum Gasteiger partial charge on any atom is -0.481 e. The molecule has 0 spiro atoms. The Labute approximate surface area is 240 Å². The van der Waals surface area contributed by atoms with Crippen LogP contribution in [0.1, 0.15) is 40.3 Å². The first kappa shape index (κ1) is 27.9. The monoisotopic (exact) mass is 574 g/mol. The van der Waals surface area contributed by atoms with Crippen molar-refractivity contribution in [1.29, 1.82) is 0 Å². The van der Waals surface area contributed by atoms with E-state index in [1.54, 1.807) is 44.3 Å². The summed E-state index contributed by atoms with van der Waals surface area (Å²) in [5.41, 5.74) is 2.92. The molecule has 0 unspecified atom stereocenters. The molecule has 4 heterocycles. The van der Waals surface area contributed by atoms with Gasteiger partial charge in [-0.15, -0.1) is 0 Å². The molecule has 0 aliphatic carbocycles. The van der Waals surface area contributed by atoms with Gasteiger partial charge in [0.15, 0.2) is 0 Å². The quantitative estimate of drug-likeness (QED) is 0.271. The van der Waals surface area contributed by atoms with Gasteiger partial charge in [0.25, 0.3) is 5.91 Å². The number of anilines is 2. The zero-order chi connectivity index (χ0) is 29.1. The number of carbonyl (C=O) groups is 2. The van der Waals surface area contributed by atoms with Crippen molar-refractivity contribution in [3.63, 3.8) is 0 Å². The topological polar surface area (TPSA) is 155 Å². The predicted molar refractivity (Wildman–Crippen MR) is 151 cm³/mol. The maximum Gasteiger partial charge on any atom is 0.255 e. The largest absolute Gasteiger partial charge is 0.481 e. The molecule has 3 aromatic heterocycles. The third-order valence-corrected chi connectivity index (χ3v) is 6.97. The Kier molecular flexibility index (Phi) is 8.04. The number of aryl methyl sites for hydroxylation is 1. The van der Waals surface area contributed by atoms with Crippen molar-refractivity contribution in [2.75, 3.05) is 19.0 Å². The highest BCUT2D eigenvalue weighted by molar-refractivity contribution is 6.33. The van der Waals surface area contributed by atoms with Crippen molar-refractivity contribution in [3.8, 4) is 17.1 Å². The van der Waals surface area contributed by atoms with Gasteiger partial charge in [-0.1, -0.05) is 23.7 Å². The van der Waals surface area contributed by atoms with Crippen molar-refractivity contribution < 1.29 is 19.4 Å². The van der Waals surface area contributed by atoms with Gasteiger partial charge < -0.3 is 25.4 Å². The Balaban J connectivity index is 1.33. The SMILES string of the molecule is COc1cc([C@@H](CO)NC(=O)[C@@H](C)N2Cc3ccc(-c4nc(Nc5ccnc(C)n5)ncc4Cl)cc3C2=O)ccn1. The van der Waals surface area contributed by atoms with Crippen LogP contribution in [0.2, 0.25) is 5.02 Å². The van der Waals surface area contributed by atoms with Crippen LogP contribution in [-0.4, -0.2) is 66.5 Å². The molecule has 2 atom stereocenters. The standard InChI is InChI=1S/C28H27ClN8O4/c1-15(26(39)34-22(14-38)17-6-8-31-24(11-17)41-3)37-13-19-5-4-18(10-20(19)27(37)40)25-21(29)12-32-28(36-25)35-23-7-9-30-16(2)33-23/h4-12,15,22,38H,13-14H2,1-3H3,(H,34,39)(H,30,32,33,35,36)/t15-,22-/m1/s1. The third-order valence-electron chi connectivity index (χ3n) is 6.69. The lowest BCUT2D eigenvalue weighted by Crippen LogP contribution is -2.46. The Morgan fingerprint density at radius 3 is 2.71 bits per heavy atom. The summed E-state index contributed by atoms with van der Waals surface area (Å²) in [7, 11) is 1.48. The van der Waals surface area contributed by atoms with Gasteiger partial charge in [-0.2, -0.15) is 0 Å². The number of amides is 2. The Hall–Kier alpha value is -4.68. The number of pyridine rings is 1. The van der Waals surface area contributed by atoms with E-state index in [-0.39, 0.29) is 25.0 Å². The second-order valence-electron chi connectivity index (χ2n) is 9.36. The van der Waals surface area contributed by atoms with E-state index in [4.69, 9.17) is 16.3 Å². The molecule has 0 bridgehead atoms. The van der Waals surface area contributed by atoms with Crippen LogP contribution in [0.3, 0.4) is 0 Å². The molecule has 0 saturated carbocycles. The number of nitrogens with one attached hydrogen (secondary N) is 2. The number of fused-ring (bicyclic) bond motifs is 1. The van der Waals surface area contributed by atoms with Crippen LogP contribution in [0, 0.1) is 6.92 Å². The lowest BCUT2D eigenvalue weighted by Gasteiger charge is -2.26. The molecule has 3 N–H and O–H groups in total. The van der Waals surface area contributed by atoms with Gasteiger partial charge in [0, 0.05) is 36.1 Å². The number of rotatable bonds is 9. The molecule has 1 aliphatic heterocycles. The predicted octanol–water partition coefficient (Wildman–Crippen LogP) is 3.24. The smallest absolute Gasteiger partial charge is 0.255 e. The lowest BCUT2D eigenvalue weighted by atomic mass is 10.0. The molecule has 2 amide bonds. The number of hydrogen-bond acceptors (Lipinski definition) is 10. The Morgan fingerprint density at radius 2 is 1.95 bits per heavy atom. The molecule has 12 nitrogen and oxygen atoms in total. The summed E-state index contributed by atoms with van der Waals surface area (Å²) in [6.45, 7) is 3.34. The van der Waals surface area contributed by atoms with Gasteiger partial charge in [0.1, 0.15) is 17.7 Å². The summed E-state index contributed by atoms with van der Waals surface area (Å²) in [5, 5.41) is 16.1. The molecular formula is C28H27ClN8O4. The minimum atomic E-state index is -0.800. The number of carbonyl (C=O) groups excluding carboxylic acids is 2. The summed E-state index contributed by atoms with van der Waals surface area (Å²) in [6, 6.07) is 8.89. The Bertz CT molecular complexity index is 1620. The van der Waals surface area contributed by atoms with Crippen molar-refractivity contribution in [3.05, 3.63) is 82.5 Å². The molecule has 0 fully saturated rings. The van der Waals surface area contributed by atoms with Crippen LogP contribution < -0.4 is 15.4 Å². The summed E-state index contributed by atoms with van der Waals surface area (Å²) in [6.07, 6.45) is 4.63. The van der Waals surface area contributed by atoms with Gasteiger partial charge in [0.05, 0.1) is 36.7 Å². The fraction of sp³-hybridized carbons (Fsp3) is 0.250. The number of nitrogens with zero attached hydrogens (tertiary/aromatic N) is 6. The van der Waals surface area contributed by atoms with Gasteiger partial charge in [-0.25, -0.2) is 24.9 Å². The molecule has 4 aromatic rings. The molecular weight excluding hydrogens is 548 g/mol. The number of aromatic nitrogens is 5. The number of ether oxygens (including phenoxy) is 1. The molecule has 13 heteroatoms. The van der Waals surface area contributed by atoms with E-state index in [0.29, 0.717) is 44.9 Å². The maximum absolute atomic E-state index is 13.4. The molecule has 41 heavy (non-hydrogen) atoms. The van der Waals surface area contributed by atoms with E-state index in [0.717, 1.165) is 5.56 Å². The number of aliphatic hydroxyl groups is 1. The van der Waals surface area contributed by atoms with Gasteiger partial charge >= 0.3 is 0 Å². The first-order chi connectivity index (χ1) is 19.8. The zero-order valence-corrected chi connectivity index (χ0v) is 23.3. The number of aliphatic hydroxyl groups excluding tert-OH is 1. The van der Waals surface area contributed by atoms with Crippen LogP contribution in [0.4, 0.5) is 11.8 Å². The molecule has 1 aromatic carbocycles. The van der Waals surface area contributed by atoms with Crippen molar-refractivity contribution in [1.82, 2.24) is 35.1 Å².